The summed E-state index contributed by atoms with van der Waals surface area (Å²) in [6.45, 7) is 4.19. The summed E-state index contributed by atoms with van der Waals surface area (Å²) in [5.74, 6) is -1.19. The zero-order chi connectivity index (χ0) is 23.1. The molecule has 0 spiro atoms. The van der Waals surface area contributed by atoms with E-state index < -0.39 is 30.0 Å². The average Bonchev–Trinajstić information content (AvgIpc) is 3.23. The third-order valence-corrected chi connectivity index (χ3v) is 6.25. The normalized spacial score (nSPS) is 17.9. The fourth-order valence-electron chi connectivity index (χ4n) is 3.35. The minimum Gasteiger partial charge on any atom is -0.504 e. The number of thioether (sulfide) groups is 1. The molecule has 3 atom stereocenters. The molecule has 10 heteroatoms. The van der Waals surface area contributed by atoms with Gasteiger partial charge in [-0.25, -0.2) is 0 Å². The van der Waals surface area contributed by atoms with Crippen LogP contribution in [0.5, 0.6) is 11.5 Å². The van der Waals surface area contributed by atoms with E-state index in [2.05, 4.69) is 0 Å². The summed E-state index contributed by atoms with van der Waals surface area (Å²) in [4.78, 5) is 41.1. The number of carbonyl (C=O) groups is 3. The first-order chi connectivity index (χ1) is 14.7. The van der Waals surface area contributed by atoms with Gasteiger partial charge in [-0.3, -0.25) is 14.4 Å². The van der Waals surface area contributed by atoms with Gasteiger partial charge in [0, 0.05) is 37.9 Å². The van der Waals surface area contributed by atoms with Crippen LogP contribution in [0, 0.1) is 0 Å². The largest absolute Gasteiger partial charge is 0.504 e. The SMILES string of the molecule is CCOC(O)CCSC(=O)C1CCCN1C(=O)C(C)N(C)C(=O)c1ccc(O)c(O)c1. The molecule has 1 saturated heterocycles. The Morgan fingerprint density at radius 1 is 1.29 bits per heavy atom. The molecule has 0 aliphatic carbocycles. The number of likely N-dealkylation sites (N-methyl/N-ethyl adjacent to an activating group) is 1. The van der Waals surface area contributed by atoms with E-state index in [1.807, 2.05) is 0 Å². The predicted octanol–water partition coefficient (Wildman–Crippen LogP) is 1.55. The van der Waals surface area contributed by atoms with Crippen LogP contribution < -0.4 is 0 Å². The topological polar surface area (TPSA) is 128 Å². The molecule has 3 N–H and O–H groups in total. The molecule has 0 aromatic heterocycles. The highest BCUT2D eigenvalue weighted by molar-refractivity contribution is 8.13. The van der Waals surface area contributed by atoms with Gasteiger partial charge in [0.25, 0.3) is 5.91 Å². The smallest absolute Gasteiger partial charge is 0.254 e. The number of phenolic OH excluding ortho intramolecular Hbond substituents is 2. The molecule has 9 nitrogen and oxygen atoms in total. The first-order valence-corrected chi connectivity index (χ1v) is 11.2. The Balaban J connectivity index is 1.98. The lowest BCUT2D eigenvalue weighted by molar-refractivity contribution is -0.138. The van der Waals surface area contributed by atoms with Crippen LogP contribution in [0.4, 0.5) is 0 Å². The molecular weight excluding hydrogens is 424 g/mol. The summed E-state index contributed by atoms with van der Waals surface area (Å²) in [5, 5.41) is 28.5. The number of aromatic hydroxyl groups is 2. The Morgan fingerprint density at radius 3 is 2.65 bits per heavy atom. The van der Waals surface area contributed by atoms with Crippen molar-refractivity contribution in [2.24, 2.45) is 0 Å². The second-order valence-electron chi connectivity index (χ2n) is 7.35. The number of likely N-dealkylation sites (tertiary alicyclic amines) is 1. The van der Waals surface area contributed by atoms with Crippen LogP contribution in [0.15, 0.2) is 18.2 Å². The zero-order valence-electron chi connectivity index (χ0n) is 18.0. The molecule has 31 heavy (non-hydrogen) atoms. The second-order valence-corrected chi connectivity index (χ2v) is 8.45. The van der Waals surface area contributed by atoms with Crippen LogP contribution in [-0.2, 0) is 14.3 Å². The van der Waals surface area contributed by atoms with Crippen molar-refractivity contribution in [1.29, 1.82) is 0 Å². The van der Waals surface area contributed by atoms with Crippen molar-refractivity contribution in [3.05, 3.63) is 23.8 Å². The Bertz CT molecular complexity index is 804. The number of benzene rings is 1. The highest BCUT2D eigenvalue weighted by atomic mass is 32.2. The van der Waals surface area contributed by atoms with Crippen LogP contribution in [-0.4, -0.2) is 86.4 Å². The first kappa shape index (κ1) is 25.0. The zero-order valence-corrected chi connectivity index (χ0v) is 18.8. The van der Waals surface area contributed by atoms with E-state index >= 15 is 0 Å². The minimum absolute atomic E-state index is 0.134. The second kappa shape index (κ2) is 11.4. The lowest BCUT2D eigenvalue weighted by Gasteiger charge is -2.31. The summed E-state index contributed by atoms with van der Waals surface area (Å²) >= 11 is 1.07. The minimum atomic E-state index is -0.911. The number of aliphatic hydroxyl groups excluding tert-OH is 1. The maximum absolute atomic E-state index is 13.0. The van der Waals surface area contributed by atoms with E-state index in [1.54, 1.807) is 13.8 Å². The van der Waals surface area contributed by atoms with E-state index in [0.29, 0.717) is 38.2 Å². The molecule has 2 rings (SSSR count). The molecule has 3 unspecified atom stereocenters. The number of amides is 2. The maximum atomic E-state index is 13.0. The fraction of sp³-hybridized carbons (Fsp3) is 0.571. The summed E-state index contributed by atoms with van der Waals surface area (Å²) in [6, 6.07) is 2.33. The molecule has 2 amide bonds. The number of rotatable bonds is 9. The molecule has 1 fully saturated rings. The molecule has 0 bridgehead atoms. The molecule has 1 aliphatic heterocycles. The number of nitrogens with zero attached hydrogens (tertiary/aromatic N) is 2. The maximum Gasteiger partial charge on any atom is 0.254 e. The molecule has 1 aromatic rings. The first-order valence-electron chi connectivity index (χ1n) is 10.2. The van der Waals surface area contributed by atoms with Crippen molar-refractivity contribution < 1.29 is 34.4 Å². The highest BCUT2D eigenvalue weighted by Gasteiger charge is 2.37. The quantitative estimate of drug-likeness (QED) is 0.379. The number of carbonyl (C=O) groups excluding carboxylic acids is 3. The molecule has 172 valence electrons. The van der Waals surface area contributed by atoms with Crippen molar-refractivity contribution in [1.82, 2.24) is 9.80 Å². The van der Waals surface area contributed by atoms with Crippen molar-refractivity contribution >= 4 is 28.7 Å². The lowest BCUT2D eigenvalue weighted by Crippen LogP contribution is -2.50. The van der Waals surface area contributed by atoms with Gasteiger partial charge in [-0.2, -0.15) is 0 Å². The van der Waals surface area contributed by atoms with Crippen LogP contribution in [0.1, 0.15) is 43.5 Å². The van der Waals surface area contributed by atoms with Crippen molar-refractivity contribution in [2.45, 2.75) is 51.5 Å². The van der Waals surface area contributed by atoms with Gasteiger partial charge in [-0.05, 0) is 44.9 Å². The van der Waals surface area contributed by atoms with Crippen LogP contribution >= 0.6 is 11.8 Å². The summed E-state index contributed by atoms with van der Waals surface area (Å²) in [7, 11) is 1.48. The Morgan fingerprint density at radius 2 is 2.00 bits per heavy atom. The number of phenols is 2. The molecule has 1 heterocycles. The van der Waals surface area contributed by atoms with Gasteiger partial charge in [-0.15, -0.1) is 0 Å². The highest BCUT2D eigenvalue weighted by Crippen LogP contribution is 2.27. The van der Waals surface area contributed by atoms with Crippen LogP contribution in [0.3, 0.4) is 0 Å². The van der Waals surface area contributed by atoms with Crippen LogP contribution in [0.2, 0.25) is 0 Å². The summed E-state index contributed by atoms with van der Waals surface area (Å²) in [6.07, 6.45) is 0.658. The average molecular weight is 455 g/mol. The molecule has 0 radical (unpaired) electrons. The van der Waals surface area contributed by atoms with E-state index in [-0.39, 0.29) is 22.3 Å². The van der Waals surface area contributed by atoms with Gasteiger partial charge in [0.15, 0.2) is 17.8 Å². The van der Waals surface area contributed by atoms with Gasteiger partial charge < -0.3 is 29.9 Å². The van der Waals surface area contributed by atoms with Gasteiger partial charge in [0.05, 0.1) is 0 Å². The molecule has 1 aliphatic rings. The third kappa shape index (κ3) is 6.34. The third-order valence-electron chi connectivity index (χ3n) is 5.26. The fourth-order valence-corrected chi connectivity index (χ4v) is 4.31. The van der Waals surface area contributed by atoms with Gasteiger partial charge in [0.1, 0.15) is 12.1 Å². The standard InChI is InChI=1S/C21H30N2O7S/c1-4-30-18(26)9-11-31-21(29)15-6-5-10-23(15)19(27)13(2)22(3)20(28)14-7-8-16(24)17(25)12-14/h7-8,12-13,15,18,24-26H,4-6,9-11H2,1-3H3. The predicted molar refractivity (Wildman–Crippen MR) is 116 cm³/mol. The van der Waals surface area contributed by atoms with E-state index in [1.165, 1.54) is 29.0 Å². The Hall–Kier alpha value is -2.30. The molecule has 1 aromatic carbocycles. The number of hydrogen-bond acceptors (Lipinski definition) is 8. The van der Waals surface area contributed by atoms with Crippen molar-refractivity contribution in [2.75, 3.05) is 26.0 Å². The van der Waals surface area contributed by atoms with Gasteiger partial charge >= 0.3 is 0 Å². The van der Waals surface area contributed by atoms with Crippen LogP contribution in [0.25, 0.3) is 0 Å². The molecular formula is C21H30N2O7S. The summed E-state index contributed by atoms with van der Waals surface area (Å²) < 4.78 is 5.04. The number of aliphatic hydroxyl groups is 1. The van der Waals surface area contributed by atoms with Gasteiger partial charge in [-0.1, -0.05) is 11.8 Å². The van der Waals surface area contributed by atoms with Crippen molar-refractivity contribution in [3.8, 4) is 11.5 Å². The number of ether oxygens (including phenoxy) is 1. The Labute approximate surface area is 186 Å². The Kier molecular flexibility index (Phi) is 9.15. The van der Waals surface area contributed by atoms with E-state index in [9.17, 15) is 29.7 Å². The molecule has 0 saturated carbocycles. The number of hydrogen-bond donors (Lipinski definition) is 3. The monoisotopic (exact) mass is 454 g/mol. The van der Waals surface area contributed by atoms with E-state index in [0.717, 1.165) is 17.8 Å². The lowest BCUT2D eigenvalue weighted by atomic mass is 10.1. The summed E-state index contributed by atoms with van der Waals surface area (Å²) in [5.41, 5.74) is 0.134. The van der Waals surface area contributed by atoms with E-state index in [4.69, 9.17) is 4.74 Å². The van der Waals surface area contributed by atoms with Gasteiger partial charge in [0.2, 0.25) is 11.0 Å². The van der Waals surface area contributed by atoms with Crippen molar-refractivity contribution in [3.63, 3.8) is 0 Å².